The maximum absolute atomic E-state index is 12.0. The highest BCUT2D eigenvalue weighted by Crippen LogP contribution is 2.13. The maximum atomic E-state index is 12.0. The van der Waals surface area contributed by atoms with Gasteiger partial charge in [-0.05, 0) is 26.0 Å². The van der Waals surface area contributed by atoms with Crippen LogP contribution in [-0.4, -0.2) is 33.3 Å². The minimum Gasteiger partial charge on any atom is -0.489 e. The van der Waals surface area contributed by atoms with Gasteiger partial charge in [0.25, 0.3) is 0 Å². The zero-order chi connectivity index (χ0) is 15.9. The molecule has 6 heteroatoms. The quantitative estimate of drug-likeness (QED) is 0.847. The summed E-state index contributed by atoms with van der Waals surface area (Å²) in [5, 5.41) is 6.90. The van der Waals surface area contributed by atoms with Crippen molar-refractivity contribution in [2.24, 2.45) is 5.92 Å². The van der Waals surface area contributed by atoms with E-state index in [1.807, 2.05) is 45.0 Å². The molecule has 1 aromatic carbocycles. The molecule has 0 saturated carbocycles. The van der Waals surface area contributed by atoms with Crippen molar-refractivity contribution in [2.45, 2.75) is 33.4 Å². The van der Waals surface area contributed by atoms with Gasteiger partial charge in [-0.15, -0.1) is 0 Å². The van der Waals surface area contributed by atoms with Gasteiger partial charge >= 0.3 is 0 Å². The van der Waals surface area contributed by atoms with Crippen LogP contribution >= 0.6 is 0 Å². The summed E-state index contributed by atoms with van der Waals surface area (Å²) in [6, 6.07) is 7.86. The summed E-state index contributed by atoms with van der Waals surface area (Å²) in [4.78, 5) is 15.9. The van der Waals surface area contributed by atoms with Gasteiger partial charge in [0.05, 0.1) is 19.0 Å². The van der Waals surface area contributed by atoms with Crippen LogP contribution in [0.4, 0.5) is 0 Å². The van der Waals surface area contributed by atoms with Crippen LogP contribution < -0.4 is 10.1 Å². The Hall–Kier alpha value is -2.37. The number of carbonyl (C=O) groups is 1. The van der Waals surface area contributed by atoms with Gasteiger partial charge < -0.3 is 10.1 Å². The Morgan fingerprint density at radius 2 is 2.05 bits per heavy atom. The maximum Gasteiger partial charge on any atom is 0.224 e. The number of nitrogens with one attached hydrogen (secondary N) is 1. The number of aromatic nitrogens is 3. The number of ether oxygens (including phenoxy) is 1. The Morgan fingerprint density at radius 1 is 1.32 bits per heavy atom. The van der Waals surface area contributed by atoms with Gasteiger partial charge in [-0.2, -0.15) is 5.10 Å². The van der Waals surface area contributed by atoms with Crippen LogP contribution in [0.1, 0.15) is 19.4 Å². The standard InChI is InChI=1S/C16H22N4O2/c1-12-4-6-15(7-5-12)22-14(3)8-18-16(21)13(2)9-20-11-17-10-19-20/h4-7,10-11,13-14H,8-9H2,1-3H3,(H,18,21). The largest absolute Gasteiger partial charge is 0.489 e. The van der Waals surface area contributed by atoms with Gasteiger partial charge in [-0.1, -0.05) is 24.6 Å². The number of benzene rings is 1. The number of carbonyl (C=O) groups excluding carboxylic acids is 1. The van der Waals surface area contributed by atoms with E-state index in [0.717, 1.165) is 5.75 Å². The molecule has 1 aromatic heterocycles. The van der Waals surface area contributed by atoms with Gasteiger partial charge in [-0.25, -0.2) is 4.98 Å². The Morgan fingerprint density at radius 3 is 2.68 bits per heavy atom. The van der Waals surface area contributed by atoms with Gasteiger partial charge in [0.2, 0.25) is 5.91 Å². The molecule has 0 spiro atoms. The first-order valence-corrected chi connectivity index (χ1v) is 7.38. The van der Waals surface area contributed by atoms with E-state index >= 15 is 0 Å². The van der Waals surface area contributed by atoms with Crippen molar-refractivity contribution in [2.75, 3.05) is 6.54 Å². The van der Waals surface area contributed by atoms with E-state index in [-0.39, 0.29) is 17.9 Å². The molecule has 2 rings (SSSR count). The first-order chi connectivity index (χ1) is 10.5. The summed E-state index contributed by atoms with van der Waals surface area (Å²) >= 11 is 0. The van der Waals surface area contributed by atoms with Crippen molar-refractivity contribution < 1.29 is 9.53 Å². The van der Waals surface area contributed by atoms with Crippen LogP contribution in [0.15, 0.2) is 36.9 Å². The smallest absolute Gasteiger partial charge is 0.224 e. The predicted octanol–water partition coefficient (Wildman–Crippen LogP) is 1.81. The van der Waals surface area contributed by atoms with Crippen LogP contribution in [0.5, 0.6) is 5.75 Å². The minimum absolute atomic E-state index is 0.0187. The van der Waals surface area contributed by atoms with Gasteiger partial charge in [0, 0.05) is 0 Å². The highest BCUT2D eigenvalue weighted by molar-refractivity contribution is 5.78. The van der Waals surface area contributed by atoms with Crippen LogP contribution in [0.3, 0.4) is 0 Å². The molecule has 0 radical (unpaired) electrons. The highest BCUT2D eigenvalue weighted by Gasteiger charge is 2.15. The Bertz CT molecular complexity index is 581. The second kappa shape index (κ2) is 7.59. The molecular weight excluding hydrogens is 280 g/mol. The zero-order valence-corrected chi connectivity index (χ0v) is 13.2. The normalized spacial score (nSPS) is 13.4. The molecule has 6 nitrogen and oxygen atoms in total. The topological polar surface area (TPSA) is 69.0 Å². The third-order valence-electron chi connectivity index (χ3n) is 3.30. The van der Waals surface area contributed by atoms with E-state index < -0.39 is 0 Å². The molecule has 0 aliphatic heterocycles. The van der Waals surface area contributed by atoms with Gasteiger partial charge in [0.15, 0.2) is 0 Å². The molecular formula is C16H22N4O2. The summed E-state index contributed by atoms with van der Waals surface area (Å²) in [6.45, 7) is 6.81. The van der Waals surface area contributed by atoms with Gasteiger partial charge in [0.1, 0.15) is 24.5 Å². The molecule has 1 amide bonds. The van der Waals surface area contributed by atoms with E-state index in [1.165, 1.54) is 11.9 Å². The second-order valence-corrected chi connectivity index (χ2v) is 5.51. The Balaban J connectivity index is 1.74. The van der Waals surface area contributed by atoms with Crippen molar-refractivity contribution in [3.05, 3.63) is 42.5 Å². The van der Waals surface area contributed by atoms with Crippen LogP contribution in [0.25, 0.3) is 0 Å². The molecule has 0 fully saturated rings. The fourth-order valence-corrected chi connectivity index (χ4v) is 2.00. The average Bonchev–Trinajstić information content (AvgIpc) is 3.00. The van der Waals surface area contributed by atoms with E-state index in [2.05, 4.69) is 15.4 Å². The lowest BCUT2D eigenvalue weighted by Gasteiger charge is -2.17. The van der Waals surface area contributed by atoms with Crippen molar-refractivity contribution in [1.82, 2.24) is 20.1 Å². The van der Waals surface area contributed by atoms with Crippen molar-refractivity contribution >= 4 is 5.91 Å². The number of rotatable bonds is 7. The van der Waals surface area contributed by atoms with E-state index in [9.17, 15) is 4.79 Å². The van der Waals surface area contributed by atoms with Crippen LogP contribution in [0.2, 0.25) is 0 Å². The molecule has 1 N–H and O–H groups in total. The van der Waals surface area contributed by atoms with Crippen molar-refractivity contribution in [3.63, 3.8) is 0 Å². The lowest BCUT2D eigenvalue weighted by molar-refractivity contribution is -0.125. The highest BCUT2D eigenvalue weighted by atomic mass is 16.5. The Labute approximate surface area is 130 Å². The summed E-state index contributed by atoms with van der Waals surface area (Å²) in [5.74, 6) is 0.617. The van der Waals surface area contributed by atoms with Gasteiger partial charge in [-0.3, -0.25) is 9.48 Å². The fraction of sp³-hybridized carbons (Fsp3) is 0.438. The lowest BCUT2D eigenvalue weighted by Crippen LogP contribution is -2.37. The summed E-state index contributed by atoms with van der Waals surface area (Å²) in [5.41, 5.74) is 1.19. The molecule has 2 aromatic rings. The zero-order valence-electron chi connectivity index (χ0n) is 13.2. The monoisotopic (exact) mass is 302 g/mol. The minimum atomic E-state index is -0.173. The molecule has 22 heavy (non-hydrogen) atoms. The number of nitrogens with zero attached hydrogens (tertiary/aromatic N) is 3. The van der Waals surface area contributed by atoms with E-state index in [0.29, 0.717) is 13.1 Å². The Kier molecular flexibility index (Phi) is 5.52. The molecule has 2 unspecified atom stereocenters. The van der Waals surface area contributed by atoms with E-state index in [1.54, 1.807) is 11.0 Å². The molecule has 0 saturated heterocycles. The molecule has 1 heterocycles. The van der Waals surface area contributed by atoms with Crippen molar-refractivity contribution in [1.29, 1.82) is 0 Å². The fourth-order valence-electron chi connectivity index (χ4n) is 2.00. The lowest BCUT2D eigenvalue weighted by atomic mass is 10.1. The first-order valence-electron chi connectivity index (χ1n) is 7.38. The molecule has 118 valence electrons. The third-order valence-corrected chi connectivity index (χ3v) is 3.30. The van der Waals surface area contributed by atoms with Crippen molar-refractivity contribution in [3.8, 4) is 5.75 Å². The predicted molar refractivity (Wildman–Crippen MR) is 83.5 cm³/mol. The van der Waals surface area contributed by atoms with E-state index in [4.69, 9.17) is 4.74 Å². The summed E-state index contributed by atoms with van der Waals surface area (Å²) < 4.78 is 7.41. The summed E-state index contributed by atoms with van der Waals surface area (Å²) in [7, 11) is 0. The SMILES string of the molecule is Cc1ccc(OC(C)CNC(=O)C(C)Cn2cncn2)cc1. The summed E-state index contributed by atoms with van der Waals surface area (Å²) in [6.07, 6.45) is 2.97. The van der Waals surface area contributed by atoms with Crippen LogP contribution in [0, 0.1) is 12.8 Å². The number of hydrogen-bond donors (Lipinski definition) is 1. The third kappa shape index (κ3) is 4.87. The number of hydrogen-bond acceptors (Lipinski definition) is 4. The first kappa shape index (κ1) is 16.0. The molecule has 2 atom stereocenters. The average molecular weight is 302 g/mol. The number of aryl methyl sites for hydroxylation is 1. The van der Waals surface area contributed by atoms with Crippen LogP contribution in [-0.2, 0) is 11.3 Å². The molecule has 0 aliphatic rings. The second-order valence-electron chi connectivity index (χ2n) is 5.51. The molecule has 0 aliphatic carbocycles. The number of amides is 1. The molecule has 0 bridgehead atoms.